The second kappa shape index (κ2) is 3.41. The summed E-state index contributed by atoms with van der Waals surface area (Å²) >= 11 is 2.08. The van der Waals surface area contributed by atoms with E-state index in [0.29, 0.717) is 0 Å². The molecular formula is C10H8LiNO. The predicted molar refractivity (Wildman–Crippen MR) is 53.7 cm³/mol. The second-order valence-corrected chi connectivity index (χ2v) is 3.01. The number of pyridine rings is 1. The maximum absolute atomic E-state index is 5.12. The van der Waals surface area contributed by atoms with Crippen molar-refractivity contribution in [3.05, 3.63) is 30.5 Å². The van der Waals surface area contributed by atoms with Crippen molar-refractivity contribution < 1.29 is 4.74 Å². The Bertz CT molecular complexity index is 442. The summed E-state index contributed by atoms with van der Waals surface area (Å²) in [7, 11) is 1.66. The van der Waals surface area contributed by atoms with Crippen molar-refractivity contribution in [1.29, 1.82) is 0 Å². The number of aromatic nitrogens is 1. The molecule has 2 rings (SSSR count). The van der Waals surface area contributed by atoms with Crippen LogP contribution in [0.2, 0.25) is 0 Å². The molecule has 0 saturated carbocycles. The number of rotatable bonds is 1. The van der Waals surface area contributed by atoms with Crippen LogP contribution < -0.4 is 8.97 Å². The van der Waals surface area contributed by atoms with E-state index in [0.717, 1.165) is 11.3 Å². The molecule has 1 aromatic heterocycles. The molecule has 0 amide bonds. The van der Waals surface area contributed by atoms with Crippen LogP contribution in [-0.4, -0.2) is 29.8 Å². The normalized spacial score (nSPS) is 10.4. The molecule has 0 atom stereocenters. The molecule has 0 N–H and O–H groups in total. The molecule has 2 aromatic rings. The minimum absolute atomic E-state index is 0.852. The molecule has 60 valence electrons. The number of benzene rings is 1. The van der Waals surface area contributed by atoms with Gasteiger partial charge in [-0.1, -0.05) is 0 Å². The number of methoxy groups -OCH3 is 1. The van der Waals surface area contributed by atoms with E-state index in [9.17, 15) is 0 Å². The third-order valence-corrected chi connectivity index (χ3v) is 2.17. The Hall–Kier alpha value is -0.973. The van der Waals surface area contributed by atoms with Crippen LogP contribution in [0.3, 0.4) is 0 Å². The van der Waals surface area contributed by atoms with E-state index >= 15 is 0 Å². The summed E-state index contributed by atoms with van der Waals surface area (Å²) in [5.74, 6) is 0.852. The second-order valence-electron chi connectivity index (χ2n) is 3.01. The molecule has 0 spiro atoms. The monoisotopic (exact) mass is 165 g/mol. The molecule has 0 aliphatic heterocycles. The van der Waals surface area contributed by atoms with Crippen LogP contribution in [0.1, 0.15) is 0 Å². The van der Waals surface area contributed by atoms with Crippen LogP contribution in [0.15, 0.2) is 30.5 Å². The van der Waals surface area contributed by atoms with Crippen molar-refractivity contribution in [3.63, 3.8) is 0 Å². The van der Waals surface area contributed by atoms with Gasteiger partial charge < -0.3 is 0 Å². The van der Waals surface area contributed by atoms with Gasteiger partial charge in [-0.25, -0.2) is 0 Å². The zero-order valence-electron chi connectivity index (χ0n) is 7.74. The third kappa shape index (κ3) is 1.56. The van der Waals surface area contributed by atoms with Crippen LogP contribution in [-0.2, 0) is 0 Å². The van der Waals surface area contributed by atoms with Gasteiger partial charge in [0.25, 0.3) is 0 Å². The molecule has 1 heterocycles. The Balaban J connectivity index is 2.72. The average Bonchev–Trinajstić information content (AvgIpc) is 2.18. The Morgan fingerprint density at radius 1 is 1.31 bits per heavy atom. The Labute approximate surface area is 86.1 Å². The van der Waals surface area contributed by atoms with E-state index in [1.807, 2.05) is 30.5 Å². The number of hydrogen-bond donors (Lipinski definition) is 0. The molecule has 13 heavy (non-hydrogen) atoms. The standard InChI is InChI=1S/C10H8NO.Li/c1-12-9-5-4-8-3-2-6-11-10(8)7-9;/h2,4-7H,1H3;. The van der Waals surface area contributed by atoms with Crippen molar-refractivity contribution in [1.82, 2.24) is 4.98 Å². The molecule has 0 saturated heterocycles. The zero-order chi connectivity index (χ0) is 9.26. The summed E-state index contributed by atoms with van der Waals surface area (Å²) in [5.41, 5.74) is 0.986. The Kier molecular flexibility index (Phi) is 2.26. The topological polar surface area (TPSA) is 22.1 Å². The predicted octanol–water partition coefficient (Wildman–Crippen LogP) is 1.04. The molecule has 1 aromatic carbocycles. The number of fused-ring (bicyclic) bond motifs is 1. The van der Waals surface area contributed by atoms with E-state index in [1.165, 1.54) is 9.62 Å². The van der Waals surface area contributed by atoms with Gasteiger partial charge >= 0.3 is 85.9 Å². The maximum atomic E-state index is 5.12. The summed E-state index contributed by atoms with van der Waals surface area (Å²) < 4.78 is 6.37. The first-order chi connectivity index (χ1) is 6.31. The van der Waals surface area contributed by atoms with Gasteiger partial charge in [0, 0.05) is 0 Å². The summed E-state index contributed by atoms with van der Waals surface area (Å²) in [6.07, 6.45) is 1.82. The van der Waals surface area contributed by atoms with Gasteiger partial charge in [-0.3, -0.25) is 0 Å². The minimum atomic E-state index is 0.852. The molecule has 0 radical (unpaired) electrons. The van der Waals surface area contributed by atoms with Crippen molar-refractivity contribution in [2.45, 2.75) is 0 Å². The molecule has 2 nitrogen and oxygen atoms in total. The summed E-state index contributed by atoms with van der Waals surface area (Å²) in [6.45, 7) is 0. The van der Waals surface area contributed by atoms with Crippen LogP contribution in [0, 0.1) is 0 Å². The average molecular weight is 165 g/mol. The van der Waals surface area contributed by atoms with Gasteiger partial charge in [0.1, 0.15) is 0 Å². The summed E-state index contributed by atoms with van der Waals surface area (Å²) in [5, 5.41) is 1.18. The van der Waals surface area contributed by atoms with Gasteiger partial charge in [0.15, 0.2) is 0 Å². The SMILES string of the molecule is [Li][c]1ccnc2cc(OC)ccc12. The first-order valence-electron chi connectivity index (χ1n) is 4.20. The van der Waals surface area contributed by atoms with Gasteiger partial charge in [-0.15, -0.1) is 0 Å². The van der Waals surface area contributed by atoms with Gasteiger partial charge in [-0.05, 0) is 0 Å². The van der Waals surface area contributed by atoms with Crippen molar-refractivity contribution >= 4 is 32.9 Å². The molecule has 3 heteroatoms. The molecule has 0 aliphatic rings. The molecule has 0 unspecified atom stereocenters. The van der Waals surface area contributed by atoms with Crippen LogP contribution in [0.4, 0.5) is 0 Å². The molecule has 0 aliphatic carbocycles. The number of nitrogens with zero attached hydrogens (tertiary/aromatic N) is 1. The molecular weight excluding hydrogens is 157 g/mol. The molecule has 0 fully saturated rings. The fourth-order valence-electron chi connectivity index (χ4n) is 1.40. The fraction of sp³-hybridized carbons (Fsp3) is 0.100. The summed E-state index contributed by atoms with van der Waals surface area (Å²) in [4.78, 5) is 4.27. The van der Waals surface area contributed by atoms with Gasteiger partial charge in [-0.2, -0.15) is 0 Å². The van der Waals surface area contributed by atoms with E-state index in [2.05, 4.69) is 22.7 Å². The van der Waals surface area contributed by atoms with Gasteiger partial charge in [0.2, 0.25) is 0 Å². The Morgan fingerprint density at radius 2 is 2.15 bits per heavy atom. The number of ether oxygens (including phenoxy) is 1. The zero-order valence-corrected chi connectivity index (χ0v) is 7.74. The number of hydrogen-bond acceptors (Lipinski definition) is 2. The van der Waals surface area contributed by atoms with Crippen LogP contribution in [0.25, 0.3) is 10.9 Å². The first kappa shape index (κ1) is 8.62. The van der Waals surface area contributed by atoms with Crippen molar-refractivity contribution in [2.75, 3.05) is 7.11 Å². The van der Waals surface area contributed by atoms with Crippen molar-refractivity contribution in [2.24, 2.45) is 0 Å². The van der Waals surface area contributed by atoms with E-state index in [-0.39, 0.29) is 0 Å². The first-order valence-corrected chi connectivity index (χ1v) is 4.20. The van der Waals surface area contributed by atoms with Gasteiger partial charge in [0.05, 0.1) is 0 Å². The van der Waals surface area contributed by atoms with Crippen molar-refractivity contribution in [3.8, 4) is 5.75 Å². The molecule has 0 bridgehead atoms. The van der Waals surface area contributed by atoms with E-state index in [4.69, 9.17) is 4.74 Å². The summed E-state index contributed by atoms with van der Waals surface area (Å²) in [6, 6.07) is 7.95. The quantitative estimate of drug-likeness (QED) is 0.589. The van der Waals surface area contributed by atoms with Crippen LogP contribution >= 0.6 is 0 Å². The third-order valence-electron chi connectivity index (χ3n) is 2.17. The Morgan fingerprint density at radius 3 is 2.92 bits per heavy atom. The fourth-order valence-corrected chi connectivity index (χ4v) is 1.40. The van der Waals surface area contributed by atoms with Crippen LogP contribution in [0.5, 0.6) is 5.75 Å². The van der Waals surface area contributed by atoms with E-state index < -0.39 is 0 Å². The van der Waals surface area contributed by atoms with E-state index in [1.54, 1.807) is 7.11 Å².